The SMILES string of the molecule is O=C(NCCc1ccccc1)C1Cc2ccccc2N2CCCC12. The number of nitrogens with one attached hydrogen (secondary N) is 1. The summed E-state index contributed by atoms with van der Waals surface area (Å²) in [6.07, 6.45) is 4.08. The van der Waals surface area contributed by atoms with Gasteiger partial charge in [0.15, 0.2) is 0 Å². The summed E-state index contributed by atoms with van der Waals surface area (Å²) < 4.78 is 0. The highest BCUT2D eigenvalue weighted by Crippen LogP contribution is 2.39. The lowest BCUT2D eigenvalue weighted by atomic mass is 9.85. The second-order valence-corrected chi connectivity index (χ2v) is 6.87. The monoisotopic (exact) mass is 320 g/mol. The molecule has 0 radical (unpaired) electrons. The van der Waals surface area contributed by atoms with Crippen LogP contribution in [-0.4, -0.2) is 25.0 Å². The van der Waals surface area contributed by atoms with Crippen LogP contribution in [0, 0.1) is 5.92 Å². The number of amides is 1. The van der Waals surface area contributed by atoms with Crippen molar-refractivity contribution >= 4 is 11.6 Å². The van der Waals surface area contributed by atoms with Crippen LogP contribution in [0.5, 0.6) is 0 Å². The molecule has 2 aromatic carbocycles. The van der Waals surface area contributed by atoms with Crippen molar-refractivity contribution in [2.24, 2.45) is 5.92 Å². The molecule has 2 atom stereocenters. The van der Waals surface area contributed by atoms with E-state index < -0.39 is 0 Å². The molecule has 2 aromatic rings. The fraction of sp³-hybridized carbons (Fsp3) is 0.381. The molecule has 0 bridgehead atoms. The third-order valence-corrected chi connectivity index (χ3v) is 5.40. The lowest BCUT2D eigenvalue weighted by Gasteiger charge is -2.38. The van der Waals surface area contributed by atoms with E-state index in [2.05, 4.69) is 46.6 Å². The van der Waals surface area contributed by atoms with Crippen LogP contribution >= 0.6 is 0 Å². The normalized spacial score (nSPS) is 21.9. The van der Waals surface area contributed by atoms with E-state index >= 15 is 0 Å². The van der Waals surface area contributed by atoms with Crippen molar-refractivity contribution in [2.45, 2.75) is 31.7 Å². The Kier molecular flexibility index (Phi) is 4.24. The lowest BCUT2D eigenvalue weighted by Crippen LogP contribution is -2.48. The smallest absolute Gasteiger partial charge is 0.225 e. The zero-order valence-corrected chi connectivity index (χ0v) is 13.9. The molecule has 0 aromatic heterocycles. The van der Waals surface area contributed by atoms with Crippen molar-refractivity contribution in [3.8, 4) is 0 Å². The molecule has 3 heteroatoms. The molecule has 0 saturated carbocycles. The minimum atomic E-state index is 0.0816. The fourth-order valence-corrected chi connectivity index (χ4v) is 4.22. The van der Waals surface area contributed by atoms with Crippen LogP contribution < -0.4 is 10.2 Å². The van der Waals surface area contributed by atoms with E-state index in [0.717, 1.165) is 25.8 Å². The van der Waals surface area contributed by atoms with Gasteiger partial charge in [-0.25, -0.2) is 0 Å². The van der Waals surface area contributed by atoms with Gasteiger partial charge in [-0.2, -0.15) is 0 Å². The number of para-hydroxylation sites is 1. The standard InChI is InChI=1S/C21H24N2O/c24-21(22-13-12-16-7-2-1-3-8-16)18-15-17-9-4-5-10-19(17)23-14-6-11-20(18)23/h1-5,7-10,18,20H,6,11-15H2,(H,22,24). The molecule has 24 heavy (non-hydrogen) atoms. The molecule has 0 aliphatic carbocycles. The van der Waals surface area contributed by atoms with Gasteiger partial charge < -0.3 is 10.2 Å². The molecule has 1 amide bonds. The average Bonchev–Trinajstić information content (AvgIpc) is 3.12. The van der Waals surface area contributed by atoms with Crippen molar-refractivity contribution in [1.82, 2.24) is 5.32 Å². The molecule has 2 unspecified atom stereocenters. The summed E-state index contributed by atoms with van der Waals surface area (Å²) in [5, 5.41) is 3.18. The molecule has 2 aliphatic rings. The Hall–Kier alpha value is -2.29. The van der Waals surface area contributed by atoms with E-state index in [9.17, 15) is 4.79 Å². The Morgan fingerprint density at radius 1 is 1.08 bits per heavy atom. The molecule has 2 aliphatic heterocycles. The maximum Gasteiger partial charge on any atom is 0.225 e. The Morgan fingerprint density at radius 2 is 1.88 bits per heavy atom. The molecule has 124 valence electrons. The molecule has 2 heterocycles. The maximum atomic E-state index is 12.8. The minimum Gasteiger partial charge on any atom is -0.368 e. The second kappa shape index (κ2) is 6.68. The molecule has 1 fully saturated rings. The van der Waals surface area contributed by atoms with Crippen molar-refractivity contribution in [3.05, 3.63) is 65.7 Å². The zero-order chi connectivity index (χ0) is 16.4. The minimum absolute atomic E-state index is 0.0816. The number of benzene rings is 2. The zero-order valence-electron chi connectivity index (χ0n) is 13.9. The Morgan fingerprint density at radius 3 is 2.75 bits per heavy atom. The summed E-state index contributed by atoms with van der Waals surface area (Å²) in [4.78, 5) is 15.3. The van der Waals surface area contributed by atoms with Crippen LogP contribution in [-0.2, 0) is 17.6 Å². The summed E-state index contributed by atoms with van der Waals surface area (Å²) in [5.74, 6) is 0.301. The van der Waals surface area contributed by atoms with Gasteiger partial charge in [0.05, 0.1) is 5.92 Å². The van der Waals surface area contributed by atoms with Gasteiger partial charge in [0, 0.05) is 24.8 Å². The third-order valence-electron chi connectivity index (χ3n) is 5.40. The molecule has 1 N–H and O–H groups in total. The Labute approximate surface area is 143 Å². The first kappa shape index (κ1) is 15.3. The van der Waals surface area contributed by atoms with Gasteiger partial charge in [-0.1, -0.05) is 48.5 Å². The first-order chi connectivity index (χ1) is 11.8. The summed E-state index contributed by atoms with van der Waals surface area (Å²) >= 11 is 0. The number of rotatable bonds is 4. The second-order valence-electron chi connectivity index (χ2n) is 6.87. The van der Waals surface area contributed by atoms with Crippen LogP contribution in [0.1, 0.15) is 24.0 Å². The van der Waals surface area contributed by atoms with Crippen molar-refractivity contribution in [2.75, 3.05) is 18.0 Å². The van der Waals surface area contributed by atoms with E-state index in [0.29, 0.717) is 12.6 Å². The number of carbonyl (C=O) groups excluding carboxylic acids is 1. The maximum absolute atomic E-state index is 12.8. The van der Waals surface area contributed by atoms with Crippen LogP contribution in [0.25, 0.3) is 0 Å². The van der Waals surface area contributed by atoms with Crippen molar-refractivity contribution in [1.29, 1.82) is 0 Å². The largest absolute Gasteiger partial charge is 0.368 e. The van der Waals surface area contributed by atoms with Crippen LogP contribution in [0.4, 0.5) is 5.69 Å². The van der Waals surface area contributed by atoms with E-state index in [1.807, 2.05) is 18.2 Å². The first-order valence-electron chi connectivity index (χ1n) is 8.99. The van der Waals surface area contributed by atoms with Crippen LogP contribution in [0.2, 0.25) is 0 Å². The van der Waals surface area contributed by atoms with E-state index in [1.54, 1.807) is 0 Å². The van der Waals surface area contributed by atoms with Crippen LogP contribution in [0.15, 0.2) is 54.6 Å². The van der Waals surface area contributed by atoms with Gasteiger partial charge in [-0.3, -0.25) is 4.79 Å². The van der Waals surface area contributed by atoms with Crippen LogP contribution in [0.3, 0.4) is 0 Å². The van der Waals surface area contributed by atoms with Gasteiger partial charge in [0.2, 0.25) is 5.91 Å². The van der Waals surface area contributed by atoms with E-state index in [1.165, 1.54) is 23.2 Å². The average molecular weight is 320 g/mol. The molecule has 3 nitrogen and oxygen atoms in total. The highest BCUT2D eigenvalue weighted by molar-refractivity contribution is 5.82. The number of hydrogen-bond acceptors (Lipinski definition) is 2. The van der Waals surface area contributed by atoms with Crippen molar-refractivity contribution in [3.63, 3.8) is 0 Å². The topological polar surface area (TPSA) is 32.3 Å². The molecule has 4 rings (SSSR count). The first-order valence-corrected chi connectivity index (χ1v) is 8.99. The predicted octanol–water partition coefficient (Wildman–Crippen LogP) is 3.19. The molecule has 0 spiro atoms. The predicted molar refractivity (Wildman–Crippen MR) is 97.2 cm³/mol. The van der Waals surface area contributed by atoms with Gasteiger partial charge in [-0.05, 0) is 42.9 Å². The number of carbonyl (C=O) groups is 1. The third kappa shape index (κ3) is 2.91. The lowest BCUT2D eigenvalue weighted by molar-refractivity contribution is -0.125. The Bertz CT molecular complexity index is 713. The fourth-order valence-electron chi connectivity index (χ4n) is 4.22. The van der Waals surface area contributed by atoms with Gasteiger partial charge in [0.1, 0.15) is 0 Å². The van der Waals surface area contributed by atoms with E-state index in [4.69, 9.17) is 0 Å². The van der Waals surface area contributed by atoms with E-state index in [-0.39, 0.29) is 11.8 Å². The summed E-state index contributed by atoms with van der Waals surface area (Å²) in [6, 6.07) is 19.3. The quantitative estimate of drug-likeness (QED) is 0.938. The molecular formula is C21H24N2O. The van der Waals surface area contributed by atoms with Gasteiger partial charge in [0.25, 0.3) is 0 Å². The highest BCUT2D eigenvalue weighted by Gasteiger charge is 2.40. The number of fused-ring (bicyclic) bond motifs is 3. The summed E-state index contributed by atoms with van der Waals surface area (Å²) in [7, 11) is 0. The number of anilines is 1. The summed E-state index contributed by atoms with van der Waals surface area (Å²) in [5.41, 5.74) is 3.93. The van der Waals surface area contributed by atoms with Gasteiger partial charge in [-0.15, -0.1) is 0 Å². The highest BCUT2D eigenvalue weighted by atomic mass is 16.1. The molecular weight excluding hydrogens is 296 g/mol. The summed E-state index contributed by atoms with van der Waals surface area (Å²) in [6.45, 7) is 1.79. The Balaban J connectivity index is 1.43. The van der Waals surface area contributed by atoms with Gasteiger partial charge >= 0.3 is 0 Å². The number of hydrogen-bond donors (Lipinski definition) is 1. The molecule has 1 saturated heterocycles. The number of nitrogens with zero attached hydrogens (tertiary/aromatic N) is 1. The van der Waals surface area contributed by atoms with Crippen molar-refractivity contribution < 1.29 is 4.79 Å².